The van der Waals surface area contributed by atoms with Crippen LogP contribution in [0.2, 0.25) is 0 Å². The van der Waals surface area contributed by atoms with Crippen molar-refractivity contribution in [2.75, 3.05) is 13.1 Å². The highest BCUT2D eigenvalue weighted by Gasteiger charge is 2.20. The zero-order valence-corrected chi connectivity index (χ0v) is 14.4. The number of rotatable bonds is 4. The van der Waals surface area contributed by atoms with Crippen LogP contribution in [0.3, 0.4) is 0 Å². The van der Waals surface area contributed by atoms with Crippen LogP contribution in [0.25, 0.3) is 10.9 Å². The van der Waals surface area contributed by atoms with E-state index in [4.69, 9.17) is 10.5 Å². The summed E-state index contributed by atoms with van der Waals surface area (Å²) in [5, 5.41) is 0.422. The largest absolute Gasteiger partial charge is 0.422 e. The number of piperidine rings is 1. The number of pyridine rings is 1. The van der Waals surface area contributed by atoms with Gasteiger partial charge in [0.05, 0.1) is 29.4 Å². The second kappa shape index (κ2) is 7.77. The number of allylic oxidation sites excluding steroid dienone is 1. The highest BCUT2D eigenvalue weighted by Crippen LogP contribution is 2.14. The number of aromatic amines is 1. The van der Waals surface area contributed by atoms with Crippen molar-refractivity contribution in [3.63, 3.8) is 0 Å². The van der Waals surface area contributed by atoms with Crippen molar-refractivity contribution < 1.29 is 9.53 Å². The molecule has 3 heterocycles. The van der Waals surface area contributed by atoms with Gasteiger partial charge in [0.1, 0.15) is 0 Å². The summed E-state index contributed by atoms with van der Waals surface area (Å²) in [6.07, 6.45) is 7.51. The fourth-order valence-corrected chi connectivity index (χ4v) is 2.77. The highest BCUT2D eigenvalue weighted by molar-refractivity contribution is 5.78. The van der Waals surface area contributed by atoms with Crippen LogP contribution in [0.1, 0.15) is 19.8 Å². The number of aromatic nitrogens is 3. The summed E-state index contributed by atoms with van der Waals surface area (Å²) in [6, 6.07) is 1.57. The molecule has 0 spiro atoms. The molecule has 1 saturated heterocycles. The minimum Gasteiger partial charge on any atom is -0.422 e. The molecule has 3 rings (SSSR count). The van der Waals surface area contributed by atoms with Gasteiger partial charge in [-0.05, 0) is 18.9 Å². The molecule has 2 aromatic heterocycles. The van der Waals surface area contributed by atoms with Crippen LogP contribution < -0.4 is 16.0 Å². The molecule has 3 N–H and O–H groups in total. The summed E-state index contributed by atoms with van der Waals surface area (Å²) >= 11 is 0. The monoisotopic (exact) mass is 356 g/mol. The number of H-pyrrole nitrogens is 1. The van der Waals surface area contributed by atoms with E-state index < -0.39 is 0 Å². The molecule has 1 amide bonds. The maximum Gasteiger partial charge on any atom is 0.302 e. The molecule has 0 bridgehead atoms. The molecule has 1 fully saturated rings. The molecule has 9 nitrogen and oxygen atoms in total. The molecule has 2 aromatic rings. The van der Waals surface area contributed by atoms with Crippen molar-refractivity contribution in [2.45, 2.75) is 25.8 Å². The Morgan fingerprint density at radius 3 is 3.15 bits per heavy atom. The van der Waals surface area contributed by atoms with Gasteiger partial charge >= 0.3 is 6.01 Å². The number of nitrogens with one attached hydrogen (secondary N) is 1. The maximum atomic E-state index is 12.0. The molecule has 1 aliphatic heterocycles. The number of ether oxygens (including phenoxy) is 1. The van der Waals surface area contributed by atoms with Gasteiger partial charge < -0.3 is 15.4 Å². The number of nitrogens with two attached hydrogens (primary N) is 1. The van der Waals surface area contributed by atoms with Crippen LogP contribution in [0.4, 0.5) is 0 Å². The molecular weight excluding hydrogens is 336 g/mol. The number of nitrogens with zero attached hydrogens (tertiary/aromatic N) is 4. The van der Waals surface area contributed by atoms with Gasteiger partial charge in [0.25, 0.3) is 5.56 Å². The Labute approximate surface area is 149 Å². The predicted octanol–water partition coefficient (Wildman–Crippen LogP) is 0.579. The average Bonchev–Trinajstić information content (AvgIpc) is 2.65. The first-order valence-electron chi connectivity index (χ1n) is 8.29. The number of aliphatic imine (C=N–C) groups is 1. The summed E-state index contributed by atoms with van der Waals surface area (Å²) in [6.45, 7) is 2.88. The summed E-state index contributed by atoms with van der Waals surface area (Å²) < 4.78 is 5.53. The Morgan fingerprint density at radius 2 is 2.38 bits per heavy atom. The highest BCUT2D eigenvalue weighted by atomic mass is 16.5. The number of fused-ring (bicyclic) bond motifs is 1. The van der Waals surface area contributed by atoms with E-state index in [-0.39, 0.29) is 29.3 Å². The van der Waals surface area contributed by atoms with E-state index in [9.17, 15) is 9.59 Å². The van der Waals surface area contributed by atoms with E-state index in [1.165, 1.54) is 24.8 Å². The molecular formula is C17H20N6O3. The minimum atomic E-state index is -0.329. The third-order valence-electron chi connectivity index (χ3n) is 4.12. The summed E-state index contributed by atoms with van der Waals surface area (Å²) in [5.41, 5.74) is 5.68. The quantitative estimate of drug-likeness (QED) is 0.609. The first kappa shape index (κ1) is 17.6. The van der Waals surface area contributed by atoms with Crippen LogP contribution in [0, 0.1) is 0 Å². The van der Waals surface area contributed by atoms with E-state index >= 15 is 0 Å². The van der Waals surface area contributed by atoms with Gasteiger partial charge in [0, 0.05) is 32.4 Å². The molecule has 1 atom stereocenters. The molecule has 0 unspecified atom stereocenters. The fraction of sp³-hybridized carbons (Fsp3) is 0.353. The Kier molecular flexibility index (Phi) is 5.26. The average molecular weight is 356 g/mol. The van der Waals surface area contributed by atoms with Crippen LogP contribution >= 0.6 is 0 Å². The van der Waals surface area contributed by atoms with Crippen LogP contribution in [0.15, 0.2) is 40.2 Å². The van der Waals surface area contributed by atoms with Crippen molar-refractivity contribution in [3.05, 3.63) is 40.8 Å². The molecule has 0 saturated carbocycles. The summed E-state index contributed by atoms with van der Waals surface area (Å²) in [7, 11) is 0. The minimum absolute atomic E-state index is 0.00709. The Balaban J connectivity index is 1.72. The second-order valence-electron chi connectivity index (χ2n) is 5.97. The number of hydrogen-bond acceptors (Lipinski definition) is 7. The summed E-state index contributed by atoms with van der Waals surface area (Å²) in [5.74, 6) is 0.290. The number of hydrogen-bond donors (Lipinski definition) is 2. The van der Waals surface area contributed by atoms with Crippen LogP contribution in [0.5, 0.6) is 6.01 Å². The lowest BCUT2D eigenvalue weighted by Crippen LogP contribution is -2.40. The van der Waals surface area contributed by atoms with E-state index in [0.717, 1.165) is 19.4 Å². The van der Waals surface area contributed by atoms with Gasteiger partial charge in [-0.3, -0.25) is 24.5 Å². The standard InChI is InChI=1S/C17H20N6O3/c1-11(24)23-6-2-3-12(10-23)20-8-13(7-18)26-17-21-15-9-19-5-4-14(15)16(25)22-17/h4-5,7-9,12H,2-3,6,10,18H2,1H3,(H,21,22,25)/t12-/m0/s1. The second-order valence-corrected chi connectivity index (χ2v) is 5.97. The Morgan fingerprint density at radius 1 is 1.54 bits per heavy atom. The lowest BCUT2D eigenvalue weighted by Gasteiger charge is -2.29. The first-order chi connectivity index (χ1) is 12.6. The summed E-state index contributed by atoms with van der Waals surface area (Å²) in [4.78, 5) is 40.4. The van der Waals surface area contributed by atoms with Crippen molar-refractivity contribution in [1.29, 1.82) is 0 Å². The zero-order valence-electron chi connectivity index (χ0n) is 14.4. The van der Waals surface area contributed by atoms with Gasteiger partial charge in [-0.1, -0.05) is 0 Å². The molecule has 0 radical (unpaired) electrons. The third-order valence-corrected chi connectivity index (χ3v) is 4.12. The van der Waals surface area contributed by atoms with Gasteiger partial charge in [-0.25, -0.2) is 0 Å². The number of likely N-dealkylation sites (tertiary alicyclic amines) is 1. The third kappa shape index (κ3) is 4.05. The Bertz CT molecular complexity index is 920. The van der Waals surface area contributed by atoms with Crippen LogP contribution in [-0.4, -0.2) is 51.1 Å². The normalized spacial score (nSPS) is 18.4. The van der Waals surface area contributed by atoms with E-state index in [0.29, 0.717) is 17.4 Å². The molecule has 136 valence electrons. The maximum absolute atomic E-state index is 12.0. The molecule has 0 aromatic carbocycles. The van der Waals surface area contributed by atoms with Gasteiger partial charge in [-0.15, -0.1) is 0 Å². The SMILES string of the molecule is CC(=O)N1CCC[C@H](N=CC(=CN)Oc2nc3cnccc3c(=O)[nH]2)C1. The number of amides is 1. The molecule has 26 heavy (non-hydrogen) atoms. The van der Waals surface area contributed by atoms with Gasteiger partial charge in [-0.2, -0.15) is 4.98 Å². The fourth-order valence-electron chi connectivity index (χ4n) is 2.77. The zero-order chi connectivity index (χ0) is 18.5. The van der Waals surface area contributed by atoms with Crippen molar-refractivity contribution in [1.82, 2.24) is 19.9 Å². The topological polar surface area (TPSA) is 127 Å². The molecule has 0 aliphatic carbocycles. The van der Waals surface area contributed by atoms with Crippen molar-refractivity contribution >= 4 is 23.0 Å². The van der Waals surface area contributed by atoms with Gasteiger partial charge in [0.2, 0.25) is 5.91 Å². The van der Waals surface area contributed by atoms with E-state index in [1.807, 2.05) is 0 Å². The first-order valence-corrected chi connectivity index (χ1v) is 8.29. The molecule has 1 aliphatic rings. The van der Waals surface area contributed by atoms with Crippen molar-refractivity contribution in [2.24, 2.45) is 10.7 Å². The van der Waals surface area contributed by atoms with Crippen molar-refractivity contribution in [3.8, 4) is 6.01 Å². The van der Waals surface area contributed by atoms with E-state index in [2.05, 4.69) is 19.9 Å². The number of carbonyl (C=O) groups excluding carboxylic acids is 1. The lowest BCUT2D eigenvalue weighted by molar-refractivity contribution is -0.129. The van der Waals surface area contributed by atoms with Gasteiger partial charge in [0.15, 0.2) is 5.76 Å². The Hall–Kier alpha value is -3.23. The van der Waals surface area contributed by atoms with Crippen LogP contribution in [-0.2, 0) is 4.79 Å². The molecule has 9 heteroatoms. The smallest absolute Gasteiger partial charge is 0.302 e. The van der Waals surface area contributed by atoms with E-state index in [1.54, 1.807) is 17.9 Å². The number of carbonyl (C=O) groups is 1. The predicted molar refractivity (Wildman–Crippen MR) is 96.8 cm³/mol. The lowest BCUT2D eigenvalue weighted by atomic mass is 10.1.